The van der Waals surface area contributed by atoms with E-state index in [1.54, 1.807) is 6.92 Å². The predicted octanol–water partition coefficient (Wildman–Crippen LogP) is 0.748. The lowest BCUT2D eigenvalue weighted by molar-refractivity contribution is 0.263. The predicted molar refractivity (Wildman–Crippen MR) is 62.9 cm³/mol. The van der Waals surface area contributed by atoms with E-state index in [2.05, 4.69) is 9.71 Å². The molecular formula is C9H16N2O3S2. The topological polar surface area (TPSA) is 79.3 Å². The van der Waals surface area contributed by atoms with Gasteiger partial charge in [-0.25, -0.2) is 18.1 Å². The Hall–Kier alpha value is -0.500. The van der Waals surface area contributed by atoms with Crippen LogP contribution in [-0.2, 0) is 10.0 Å². The van der Waals surface area contributed by atoms with Crippen LogP contribution in [0.1, 0.15) is 18.4 Å². The smallest absolute Gasteiger partial charge is 0.251 e. The minimum Gasteiger partial charge on any atom is -0.396 e. The summed E-state index contributed by atoms with van der Waals surface area (Å²) < 4.78 is 26.2. The second kappa shape index (κ2) is 5.72. The van der Waals surface area contributed by atoms with E-state index >= 15 is 0 Å². The van der Waals surface area contributed by atoms with Gasteiger partial charge in [0.1, 0.15) is 0 Å². The average molecular weight is 264 g/mol. The molecule has 0 aliphatic rings. The first-order valence-corrected chi connectivity index (χ1v) is 7.28. The molecule has 92 valence electrons. The number of hydrogen-bond acceptors (Lipinski definition) is 5. The van der Waals surface area contributed by atoms with Crippen molar-refractivity contribution in [3.63, 3.8) is 0 Å². The van der Waals surface area contributed by atoms with Crippen LogP contribution in [0.25, 0.3) is 0 Å². The summed E-state index contributed by atoms with van der Waals surface area (Å²) in [6.07, 6.45) is 1.95. The van der Waals surface area contributed by atoms with Gasteiger partial charge in [0.2, 0.25) is 0 Å². The van der Waals surface area contributed by atoms with Gasteiger partial charge in [-0.1, -0.05) is 6.92 Å². The third-order valence-electron chi connectivity index (χ3n) is 2.11. The van der Waals surface area contributed by atoms with Crippen LogP contribution in [0, 0.1) is 12.8 Å². The molecule has 0 amide bonds. The lowest BCUT2D eigenvalue weighted by atomic mass is 10.1. The van der Waals surface area contributed by atoms with Gasteiger partial charge in [-0.2, -0.15) is 0 Å². The zero-order valence-electron chi connectivity index (χ0n) is 9.30. The van der Waals surface area contributed by atoms with E-state index < -0.39 is 10.0 Å². The molecule has 7 heteroatoms. The van der Waals surface area contributed by atoms with Crippen LogP contribution >= 0.6 is 11.3 Å². The molecule has 0 saturated carbocycles. The first kappa shape index (κ1) is 13.6. The number of aromatic nitrogens is 1. The summed E-state index contributed by atoms with van der Waals surface area (Å²) in [5, 5.41) is 9.43. The van der Waals surface area contributed by atoms with Crippen LogP contribution in [0.2, 0.25) is 0 Å². The lowest BCUT2D eigenvalue weighted by Crippen LogP contribution is -2.28. The van der Waals surface area contributed by atoms with E-state index in [4.69, 9.17) is 5.11 Å². The van der Waals surface area contributed by atoms with Gasteiger partial charge in [0.15, 0.2) is 4.21 Å². The molecule has 0 aliphatic heterocycles. The molecule has 1 aromatic heterocycles. The van der Waals surface area contributed by atoms with Gasteiger partial charge in [0.25, 0.3) is 10.0 Å². The van der Waals surface area contributed by atoms with E-state index in [0.29, 0.717) is 13.0 Å². The molecule has 1 heterocycles. The van der Waals surface area contributed by atoms with Crippen molar-refractivity contribution in [2.45, 2.75) is 24.5 Å². The van der Waals surface area contributed by atoms with Crippen molar-refractivity contribution in [3.8, 4) is 0 Å². The number of aliphatic hydroxyl groups excluding tert-OH is 1. The van der Waals surface area contributed by atoms with Gasteiger partial charge >= 0.3 is 0 Å². The summed E-state index contributed by atoms with van der Waals surface area (Å²) in [6, 6.07) is 0. The van der Waals surface area contributed by atoms with E-state index in [0.717, 1.165) is 16.3 Å². The molecule has 0 fully saturated rings. The number of aryl methyl sites for hydroxylation is 1. The summed E-state index contributed by atoms with van der Waals surface area (Å²) in [5.74, 6) is 0.119. The second-order valence-electron chi connectivity index (χ2n) is 3.67. The Morgan fingerprint density at radius 3 is 2.81 bits per heavy atom. The molecule has 0 radical (unpaired) electrons. The molecule has 0 spiro atoms. The maximum absolute atomic E-state index is 11.8. The number of nitrogens with zero attached hydrogens (tertiary/aromatic N) is 1. The van der Waals surface area contributed by atoms with Gasteiger partial charge < -0.3 is 5.11 Å². The first-order valence-electron chi connectivity index (χ1n) is 4.98. The van der Waals surface area contributed by atoms with Gasteiger partial charge in [-0.3, -0.25) is 0 Å². The van der Waals surface area contributed by atoms with Crippen LogP contribution < -0.4 is 4.72 Å². The maximum atomic E-state index is 11.8. The Balaban J connectivity index is 2.59. The van der Waals surface area contributed by atoms with Crippen molar-refractivity contribution in [3.05, 3.63) is 11.2 Å². The number of thiazole rings is 1. The van der Waals surface area contributed by atoms with Gasteiger partial charge in [-0.05, 0) is 19.3 Å². The lowest BCUT2D eigenvalue weighted by Gasteiger charge is -2.10. The van der Waals surface area contributed by atoms with E-state index in [9.17, 15) is 8.42 Å². The highest BCUT2D eigenvalue weighted by atomic mass is 32.2. The number of sulfonamides is 1. The van der Waals surface area contributed by atoms with Crippen LogP contribution in [0.3, 0.4) is 0 Å². The van der Waals surface area contributed by atoms with Gasteiger partial charge in [0, 0.05) is 13.2 Å². The summed E-state index contributed by atoms with van der Waals surface area (Å²) in [7, 11) is -3.43. The Kier molecular flexibility index (Phi) is 4.85. The summed E-state index contributed by atoms with van der Waals surface area (Å²) in [6.45, 7) is 4.05. The highest BCUT2D eigenvalue weighted by molar-refractivity contribution is 7.91. The molecule has 0 saturated heterocycles. The van der Waals surface area contributed by atoms with Crippen molar-refractivity contribution < 1.29 is 13.5 Å². The molecule has 2 N–H and O–H groups in total. The fraction of sp³-hybridized carbons (Fsp3) is 0.667. The normalized spacial score (nSPS) is 13.9. The number of rotatable bonds is 6. The van der Waals surface area contributed by atoms with Crippen LogP contribution in [0.4, 0.5) is 0 Å². The minimum atomic E-state index is -3.43. The highest BCUT2D eigenvalue weighted by Gasteiger charge is 2.17. The number of hydrogen-bond donors (Lipinski definition) is 2. The van der Waals surface area contributed by atoms with Gasteiger partial charge in [-0.15, -0.1) is 11.3 Å². The molecule has 5 nitrogen and oxygen atoms in total. The van der Waals surface area contributed by atoms with Crippen molar-refractivity contribution in [1.29, 1.82) is 0 Å². The Labute approximate surface area is 99.6 Å². The minimum absolute atomic E-state index is 0.0720. The van der Waals surface area contributed by atoms with Crippen molar-refractivity contribution >= 4 is 21.4 Å². The molecule has 0 aliphatic carbocycles. The molecule has 1 atom stereocenters. The SMILES string of the molecule is Cc1ncc(S(=O)(=O)NCC(C)CCO)s1. The quantitative estimate of drug-likeness (QED) is 0.794. The molecule has 0 bridgehead atoms. The maximum Gasteiger partial charge on any atom is 0.251 e. The first-order chi connectivity index (χ1) is 7.45. The highest BCUT2D eigenvalue weighted by Crippen LogP contribution is 2.17. The van der Waals surface area contributed by atoms with Gasteiger partial charge in [0.05, 0.1) is 11.2 Å². The third-order valence-corrected chi connectivity index (χ3v) is 4.91. The Morgan fingerprint density at radius 1 is 1.62 bits per heavy atom. The summed E-state index contributed by atoms with van der Waals surface area (Å²) >= 11 is 1.15. The van der Waals surface area contributed by atoms with Crippen molar-refractivity contribution in [2.75, 3.05) is 13.2 Å². The fourth-order valence-electron chi connectivity index (χ4n) is 1.11. The zero-order chi connectivity index (χ0) is 12.2. The molecule has 1 rings (SSSR count). The fourth-order valence-corrected chi connectivity index (χ4v) is 3.43. The van der Waals surface area contributed by atoms with E-state index in [1.807, 2.05) is 6.92 Å². The largest absolute Gasteiger partial charge is 0.396 e. The van der Waals surface area contributed by atoms with Crippen LogP contribution in [-0.4, -0.2) is 31.7 Å². The van der Waals surface area contributed by atoms with Crippen LogP contribution in [0.5, 0.6) is 0 Å². The third kappa shape index (κ3) is 3.82. The number of aliphatic hydroxyl groups is 1. The average Bonchev–Trinajstić information content (AvgIpc) is 2.63. The molecule has 0 aromatic carbocycles. The van der Waals surface area contributed by atoms with Crippen molar-refractivity contribution in [1.82, 2.24) is 9.71 Å². The van der Waals surface area contributed by atoms with E-state index in [-0.39, 0.29) is 16.7 Å². The molecule has 16 heavy (non-hydrogen) atoms. The monoisotopic (exact) mass is 264 g/mol. The molecule has 1 unspecified atom stereocenters. The number of nitrogens with one attached hydrogen (secondary N) is 1. The summed E-state index contributed by atoms with van der Waals surface area (Å²) in [4.78, 5) is 3.91. The van der Waals surface area contributed by atoms with Crippen LogP contribution in [0.15, 0.2) is 10.4 Å². The molecular weight excluding hydrogens is 248 g/mol. The summed E-state index contributed by atoms with van der Waals surface area (Å²) in [5.41, 5.74) is 0. The van der Waals surface area contributed by atoms with E-state index in [1.165, 1.54) is 6.20 Å². The standard InChI is InChI=1S/C9H16N2O3S2/c1-7(3-4-12)5-11-16(13,14)9-6-10-8(2)15-9/h6-7,11-12H,3-5H2,1-2H3. The zero-order valence-corrected chi connectivity index (χ0v) is 10.9. The molecule has 1 aromatic rings. The Bertz CT molecular complexity index is 428. The van der Waals surface area contributed by atoms with Crippen molar-refractivity contribution in [2.24, 2.45) is 5.92 Å². The second-order valence-corrected chi connectivity index (χ2v) is 6.90. The Morgan fingerprint density at radius 2 is 2.31 bits per heavy atom.